The lowest BCUT2D eigenvalue weighted by molar-refractivity contribution is -0.146. The molecule has 1 fully saturated rings. The number of hydroxylamine groups is 2. The predicted molar refractivity (Wildman–Crippen MR) is 78.4 cm³/mol. The second-order valence-electron chi connectivity index (χ2n) is 5.08. The van der Waals surface area contributed by atoms with Gasteiger partial charge in [-0.2, -0.15) is 5.06 Å². The van der Waals surface area contributed by atoms with Crippen molar-refractivity contribution in [2.24, 2.45) is 0 Å². The number of hydrogen-bond donors (Lipinski definition) is 0. The van der Waals surface area contributed by atoms with E-state index < -0.39 is 0 Å². The molecular formula is C17H19NO2. The molecule has 0 aliphatic carbocycles. The van der Waals surface area contributed by atoms with Crippen LogP contribution in [0.4, 0.5) is 0 Å². The predicted octanol–water partition coefficient (Wildman–Crippen LogP) is 3.74. The van der Waals surface area contributed by atoms with Gasteiger partial charge in [0.05, 0.1) is 13.2 Å². The summed E-state index contributed by atoms with van der Waals surface area (Å²) in [7, 11) is 3.68. The number of ether oxygens (including phenoxy) is 1. The monoisotopic (exact) mass is 269 g/mol. The van der Waals surface area contributed by atoms with Crippen molar-refractivity contribution in [1.82, 2.24) is 5.06 Å². The highest BCUT2D eigenvalue weighted by Gasteiger charge is 2.32. The van der Waals surface area contributed by atoms with E-state index in [2.05, 4.69) is 36.4 Å². The maximum Gasteiger partial charge on any atom is 0.118 e. The van der Waals surface area contributed by atoms with Crippen LogP contribution in [-0.4, -0.2) is 19.2 Å². The molecule has 0 bridgehead atoms. The minimum absolute atomic E-state index is 0.108. The first-order valence-electron chi connectivity index (χ1n) is 6.86. The second-order valence-corrected chi connectivity index (χ2v) is 5.08. The quantitative estimate of drug-likeness (QED) is 0.847. The van der Waals surface area contributed by atoms with Gasteiger partial charge in [0.25, 0.3) is 0 Å². The second kappa shape index (κ2) is 5.65. The van der Waals surface area contributed by atoms with Gasteiger partial charge in [-0.05, 0) is 23.3 Å². The number of rotatable bonds is 3. The van der Waals surface area contributed by atoms with Gasteiger partial charge in [0.1, 0.15) is 11.9 Å². The highest BCUT2D eigenvalue weighted by Crippen LogP contribution is 2.40. The third-order valence-corrected chi connectivity index (χ3v) is 3.84. The zero-order valence-corrected chi connectivity index (χ0v) is 11.8. The Labute approximate surface area is 119 Å². The Morgan fingerprint density at radius 1 is 1.00 bits per heavy atom. The van der Waals surface area contributed by atoms with Gasteiger partial charge >= 0.3 is 0 Å². The third kappa shape index (κ3) is 2.55. The van der Waals surface area contributed by atoms with Crippen LogP contribution in [0.2, 0.25) is 0 Å². The van der Waals surface area contributed by atoms with Crippen molar-refractivity contribution in [1.29, 1.82) is 0 Å². The lowest BCUT2D eigenvalue weighted by Crippen LogP contribution is -2.16. The van der Waals surface area contributed by atoms with Crippen LogP contribution in [0.3, 0.4) is 0 Å². The molecule has 20 heavy (non-hydrogen) atoms. The van der Waals surface area contributed by atoms with Crippen LogP contribution in [0.1, 0.15) is 29.7 Å². The highest BCUT2D eigenvalue weighted by atomic mass is 16.7. The Morgan fingerprint density at radius 3 is 2.35 bits per heavy atom. The molecular weight excluding hydrogens is 250 g/mol. The largest absolute Gasteiger partial charge is 0.497 e. The number of benzene rings is 2. The van der Waals surface area contributed by atoms with Crippen LogP contribution in [0.25, 0.3) is 0 Å². The van der Waals surface area contributed by atoms with Gasteiger partial charge in [-0.25, -0.2) is 0 Å². The van der Waals surface area contributed by atoms with E-state index in [0.717, 1.165) is 12.2 Å². The smallest absolute Gasteiger partial charge is 0.118 e. The zero-order chi connectivity index (χ0) is 13.9. The first-order valence-corrected chi connectivity index (χ1v) is 6.86. The van der Waals surface area contributed by atoms with Crippen LogP contribution in [0.15, 0.2) is 54.6 Å². The van der Waals surface area contributed by atoms with Crippen molar-refractivity contribution >= 4 is 0 Å². The number of methoxy groups -OCH3 is 1. The Kier molecular flexibility index (Phi) is 3.72. The maximum absolute atomic E-state index is 5.98. The van der Waals surface area contributed by atoms with Gasteiger partial charge in [0.15, 0.2) is 0 Å². The van der Waals surface area contributed by atoms with Crippen LogP contribution in [0, 0.1) is 0 Å². The Hall–Kier alpha value is -1.84. The fourth-order valence-corrected chi connectivity index (χ4v) is 2.71. The van der Waals surface area contributed by atoms with Gasteiger partial charge in [-0.1, -0.05) is 42.5 Å². The molecule has 0 aromatic heterocycles. The van der Waals surface area contributed by atoms with Crippen molar-refractivity contribution in [3.05, 3.63) is 65.7 Å². The van der Waals surface area contributed by atoms with Crippen molar-refractivity contribution in [3.8, 4) is 5.75 Å². The first-order chi connectivity index (χ1) is 9.78. The maximum atomic E-state index is 5.98. The molecule has 0 radical (unpaired) electrons. The van der Waals surface area contributed by atoms with E-state index in [9.17, 15) is 0 Å². The summed E-state index contributed by atoms with van der Waals surface area (Å²) < 4.78 is 5.19. The number of hydrogen-bond acceptors (Lipinski definition) is 3. The van der Waals surface area contributed by atoms with E-state index in [4.69, 9.17) is 9.57 Å². The minimum Gasteiger partial charge on any atom is -0.497 e. The Bertz CT molecular complexity index is 553. The SMILES string of the molecule is COc1ccc([C@@H]2C[C@@H](c3ccccc3)N(C)O2)cc1. The Balaban J connectivity index is 1.77. The van der Waals surface area contributed by atoms with Crippen LogP contribution in [-0.2, 0) is 4.84 Å². The molecule has 104 valence electrons. The highest BCUT2D eigenvalue weighted by molar-refractivity contribution is 5.29. The van der Waals surface area contributed by atoms with Crippen LogP contribution < -0.4 is 4.74 Å². The topological polar surface area (TPSA) is 21.7 Å². The van der Waals surface area contributed by atoms with Crippen LogP contribution in [0.5, 0.6) is 5.75 Å². The van der Waals surface area contributed by atoms with Gasteiger partial charge in [-0.3, -0.25) is 4.84 Å². The van der Waals surface area contributed by atoms with E-state index >= 15 is 0 Å². The van der Waals surface area contributed by atoms with Crippen molar-refractivity contribution in [2.45, 2.75) is 18.6 Å². The van der Waals surface area contributed by atoms with Crippen molar-refractivity contribution in [3.63, 3.8) is 0 Å². The fourth-order valence-electron chi connectivity index (χ4n) is 2.71. The van der Waals surface area contributed by atoms with E-state index in [1.165, 1.54) is 11.1 Å². The normalized spacial score (nSPS) is 22.9. The average molecular weight is 269 g/mol. The molecule has 0 N–H and O–H groups in total. The van der Waals surface area contributed by atoms with Gasteiger partial charge in [0.2, 0.25) is 0 Å². The molecule has 0 amide bonds. The van der Waals surface area contributed by atoms with Crippen molar-refractivity contribution in [2.75, 3.05) is 14.2 Å². The lowest BCUT2D eigenvalue weighted by Gasteiger charge is -2.17. The molecule has 1 heterocycles. The molecule has 1 saturated heterocycles. The summed E-state index contributed by atoms with van der Waals surface area (Å²) in [6.45, 7) is 0. The zero-order valence-electron chi connectivity index (χ0n) is 11.8. The first kappa shape index (κ1) is 13.2. The van der Waals surface area contributed by atoms with E-state index in [0.29, 0.717) is 6.04 Å². The molecule has 3 heteroatoms. The van der Waals surface area contributed by atoms with E-state index in [1.54, 1.807) is 7.11 Å². The minimum atomic E-state index is 0.108. The Morgan fingerprint density at radius 2 is 1.70 bits per heavy atom. The summed E-state index contributed by atoms with van der Waals surface area (Å²) in [5, 5.41) is 1.96. The summed E-state index contributed by atoms with van der Waals surface area (Å²) in [6, 6.07) is 18.9. The molecule has 0 unspecified atom stereocenters. The summed E-state index contributed by atoms with van der Waals surface area (Å²) >= 11 is 0. The molecule has 2 aromatic carbocycles. The molecule has 3 rings (SSSR count). The molecule has 2 atom stereocenters. The van der Waals surface area contributed by atoms with E-state index in [1.807, 2.05) is 30.3 Å². The molecule has 1 aliphatic heterocycles. The van der Waals surface area contributed by atoms with Crippen molar-refractivity contribution < 1.29 is 9.57 Å². The summed E-state index contributed by atoms with van der Waals surface area (Å²) in [4.78, 5) is 5.98. The third-order valence-electron chi connectivity index (χ3n) is 3.84. The lowest BCUT2D eigenvalue weighted by atomic mass is 9.98. The molecule has 0 spiro atoms. The van der Waals surface area contributed by atoms with Gasteiger partial charge in [-0.15, -0.1) is 0 Å². The number of nitrogens with zero attached hydrogens (tertiary/aromatic N) is 1. The summed E-state index contributed by atoms with van der Waals surface area (Å²) in [5.41, 5.74) is 2.49. The average Bonchev–Trinajstić information content (AvgIpc) is 2.90. The van der Waals surface area contributed by atoms with Crippen LogP contribution >= 0.6 is 0 Å². The summed E-state index contributed by atoms with van der Waals surface area (Å²) in [5.74, 6) is 0.875. The van der Waals surface area contributed by atoms with E-state index in [-0.39, 0.29) is 6.10 Å². The van der Waals surface area contributed by atoms with Gasteiger partial charge in [0, 0.05) is 13.5 Å². The van der Waals surface area contributed by atoms with Gasteiger partial charge < -0.3 is 4.74 Å². The summed E-state index contributed by atoms with van der Waals surface area (Å²) in [6.07, 6.45) is 1.07. The fraction of sp³-hybridized carbons (Fsp3) is 0.294. The standard InChI is InChI=1S/C17H19NO2/c1-18-16(13-6-4-3-5-7-13)12-17(20-18)14-8-10-15(19-2)11-9-14/h3-11,16-17H,12H2,1-2H3/t16-,17-/m0/s1. The molecule has 1 aliphatic rings. The molecule has 0 saturated carbocycles. The molecule has 2 aromatic rings. The molecule has 3 nitrogen and oxygen atoms in total.